The number of rotatable bonds is 5. The number of hydrogen-bond donors (Lipinski definition) is 2. The highest BCUT2D eigenvalue weighted by Gasteiger charge is 2.26. The van der Waals surface area contributed by atoms with Gasteiger partial charge in [-0.1, -0.05) is 0 Å². The number of nitrogens with one attached hydrogen (secondary N) is 1. The minimum absolute atomic E-state index is 0.435. The molecular formula is C16H27N3O3. The average molecular weight is 309 g/mol. The maximum atomic E-state index is 11.9. The van der Waals surface area contributed by atoms with Crippen molar-refractivity contribution in [3.63, 3.8) is 0 Å². The fourth-order valence-corrected chi connectivity index (χ4v) is 3.47. The molecule has 124 valence electrons. The van der Waals surface area contributed by atoms with Crippen molar-refractivity contribution in [1.82, 2.24) is 10.2 Å². The molecule has 1 aliphatic carbocycles. The molecule has 1 aliphatic heterocycles. The summed E-state index contributed by atoms with van der Waals surface area (Å²) in [7, 11) is 1.33. The molecule has 0 aromatic rings. The quantitative estimate of drug-likeness (QED) is 0.760. The number of ether oxygens (including phenoxy) is 1. The van der Waals surface area contributed by atoms with E-state index in [0.717, 1.165) is 32.4 Å². The molecule has 2 rings (SSSR count). The number of hydrogen-bond acceptors (Lipinski definition) is 4. The van der Waals surface area contributed by atoms with Gasteiger partial charge in [0.05, 0.1) is 7.11 Å². The van der Waals surface area contributed by atoms with Crippen LogP contribution >= 0.6 is 0 Å². The first-order valence-corrected chi connectivity index (χ1v) is 8.21. The molecule has 1 saturated heterocycles. The first-order chi connectivity index (χ1) is 10.6. The molecule has 0 bridgehead atoms. The zero-order valence-corrected chi connectivity index (χ0v) is 13.4. The second-order valence-corrected chi connectivity index (χ2v) is 6.09. The number of allylic oxidation sites excluding steroid dienone is 1. The molecule has 0 unspecified atom stereocenters. The van der Waals surface area contributed by atoms with Crippen LogP contribution in [0, 0.1) is 0 Å². The predicted octanol–water partition coefficient (Wildman–Crippen LogP) is 1.90. The maximum absolute atomic E-state index is 11.9. The molecule has 0 aromatic heterocycles. The van der Waals surface area contributed by atoms with Crippen molar-refractivity contribution in [3.8, 4) is 0 Å². The fourth-order valence-electron chi connectivity index (χ4n) is 3.47. The Labute approximate surface area is 132 Å². The van der Waals surface area contributed by atoms with E-state index in [0.29, 0.717) is 6.42 Å². The van der Waals surface area contributed by atoms with Crippen molar-refractivity contribution in [2.75, 3.05) is 20.2 Å². The Morgan fingerprint density at radius 1 is 1.18 bits per heavy atom. The largest absolute Gasteiger partial charge is 0.467 e. The standard InChI is InChI=1S/C16H27N3O3/c1-22-15(20)13(18-16(17)21)11-12-7-3-4-8-14(12)19-9-5-2-6-10-19/h13H,2-11H2,1H3,(H3,17,18,21)/t13-/m0/s1. The van der Waals surface area contributed by atoms with Crippen molar-refractivity contribution in [2.45, 2.75) is 57.4 Å². The maximum Gasteiger partial charge on any atom is 0.328 e. The SMILES string of the molecule is COC(=O)[C@H](CC1=C(N2CCCCC2)CCCC1)NC(N)=O. The summed E-state index contributed by atoms with van der Waals surface area (Å²) in [6.07, 6.45) is 8.65. The van der Waals surface area contributed by atoms with Crippen molar-refractivity contribution < 1.29 is 14.3 Å². The predicted molar refractivity (Wildman–Crippen MR) is 84.1 cm³/mol. The van der Waals surface area contributed by atoms with Crippen LogP contribution in [-0.2, 0) is 9.53 Å². The number of primary amides is 1. The number of methoxy groups -OCH3 is 1. The van der Waals surface area contributed by atoms with Crippen LogP contribution in [-0.4, -0.2) is 43.1 Å². The molecule has 6 nitrogen and oxygen atoms in total. The summed E-state index contributed by atoms with van der Waals surface area (Å²) in [6.45, 7) is 2.20. The molecule has 0 spiro atoms. The highest BCUT2D eigenvalue weighted by atomic mass is 16.5. The number of nitrogens with two attached hydrogens (primary N) is 1. The lowest BCUT2D eigenvalue weighted by atomic mass is 9.90. The number of carbonyl (C=O) groups excluding carboxylic acids is 2. The highest BCUT2D eigenvalue weighted by molar-refractivity contribution is 5.82. The molecular weight excluding hydrogens is 282 g/mol. The van der Waals surface area contributed by atoms with Crippen LogP contribution in [0.4, 0.5) is 4.79 Å². The van der Waals surface area contributed by atoms with Crippen molar-refractivity contribution in [3.05, 3.63) is 11.3 Å². The lowest BCUT2D eigenvalue weighted by molar-refractivity contribution is -0.142. The number of likely N-dealkylation sites (tertiary alicyclic amines) is 1. The third-order valence-electron chi connectivity index (χ3n) is 4.54. The molecule has 2 aliphatic rings. The zero-order chi connectivity index (χ0) is 15.9. The van der Waals surface area contributed by atoms with E-state index in [1.165, 1.54) is 44.1 Å². The van der Waals surface area contributed by atoms with Gasteiger partial charge in [0.2, 0.25) is 0 Å². The fraction of sp³-hybridized carbons (Fsp3) is 0.750. The van der Waals surface area contributed by atoms with Gasteiger partial charge >= 0.3 is 12.0 Å². The Hall–Kier alpha value is -1.72. The molecule has 1 atom stereocenters. The summed E-state index contributed by atoms with van der Waals surface area (Å²) in [5.74, 6) is -0.435. The molecule has 0 aromatic carbocycles. The molecule has 0 saturated carbocycles. The van der Waals surface area contributed by atoms with Crippen molar-refractivity contribution >= 4 is 12.0 Å². The van der Waals surface area contributed by atoms with Crippen LogP contribution in [0.3, 0.4) is 0 Å². The van der Waals surface area contributed by atoms with Gasteiger partial charge in [-0.15, -0.1) is 0 Å². The van der Waals surface area contributed by atoms with Crippen LogP contribution in [0.15, 0.2) is 11.3 Å². The second-order valence-electron chi connectivity index (χ2n) is 6.09. The second kappa shape index (κ2) is 8.06. The monoisotopic (exact) mass is 309 g/mol. The minimum Gasteiger partial charge on any atom is -0.467 e. The number of nitrogens with zero attached hydrogens (tertiary/aromatic N) is 1. The van der Waals surface area contributed by atoms with Gasteiger partial charge in [-0.25, -0.2) is 9.59 Å². The van der Waals surface area contributed by atoms with Crippen molar-refractivity contribution in [1.29, 1.82) is 0 Å². The Morgan fingerprint density at radius 3 is 2.50 bits per heavy atom. The van der Waals surface area contributed by atoms with Crippen LogP contribution in [0.1, 0.15) is 51.4 Å². The van der Waals surface area contributed by atoms with Gasteiger partial charge in [-0.05, 0) is 50.5 Å². The molecule has 0 radical (unpaired) electrons. The smallest absolute Gasteiger partial charge is 0.328 e. The third kappa shape index (κ3) is 4.39. The van der Waals surface area contributed by atoms with Crippen LogP contribution < -0.4 is 11.1 Å². The average Bonchev–Trinajstić information content (AvgIpc) is 2.54. The summed E-state index contributed by atoms with van der Waals surface area (Å²) in [4.78, 5) is 25.5. The van der Waals surface area contributed by atoms with Gasteiger partial charge in [0.1, 0.15) is 6.04 Å². The lowest BCUT2D eigenvalue weighted by Crippen LogP contribution is -2.45. The summed E-state index contributed by atoms with van der Waals surface area (Å²) in [6, 6.07) is -1.37. The van der Waals surface area contributed by atoms with Crippen molar-refractivity contribution in [2.24, 2.45) is 5.73 Å². The Bertz CT molecular complexity index is 442. The zero-order valence-electron chi connectivity index (χ0n) is 13.4. The topological polar surface area (TPSA) is 84.7 Å². The Balaban J connectivity index is 2.14. The van der Waals surface area contributed by atoms with Gasteiger partial charge in [-0.2, -0.15) is 0 Å². The van der Waals surface area contributed by atoms with E-state index in [4.69, 9.17) is 10.5 Å². The molecule has 1 heterocycles. The summed E-state index contributed by atoms with van der Waals surface area (Å²) >= 11 is 0. The molecule has 6 heteroatoms. The first-order valence-electron chi connectivity index (χ1n) is 8.21. The Kier molecular flexibility index (Phi) is 6.10. The van der Waals surface area contributed by atoms with E-state index in [1.807, 2.05) is 0 Å². The van der Waals surface area contributed by atoms with Crippen LogP contribution in [0.25, 0.3) is 0 Å². The number of esters is 1. The van der Waals surface area contributed by atoms with Gasteiger partial charge in [0, 0.05) is 25.2 Å². The van der Waals surface area contributed by atoms with Crippen LogP contribution in [0.5, 0.6) is 0 Å². The van der Waals surface area contributed by atoms with E-state index in [2.05, 4.69) is 10.2 Å². The molecule has 2 amide bonds. The van der Waals surface area contributed by atoms with E-state index in [1.54, 1.807) is 0 Å². The minimum atomic E-state index is -0.689. The van der Waals surface area contributed by atoms with Gasteiger partial charge in [0.15, 0.2) is 0 Å². The molecule has 3 N–H and O–H groups in total. The molecule has 1 fully saturated rings. The van der Waals surface area contributed by atoms with E-state index < -0.39 is 18.0 Å². The number of urea groups is 1. The highest BCUT2D eigenvalue weighted by Crippen LogP contribution is 2.32. The summed E-state index contributed by atoms with van der Waals surface area (Å²) in [5.41, 5.74) is 7.84. The Morgan fingerprint density at radius 2 is 1.86 bits per heavy atom. The normalized spacial score (nSPS) is 20.5. The lowest BCUT2D eigenvalue weighted by Gasteiger charge is -2.36. The number of amides is 2. The van der Waals surface area contributed by atoms with E-state index >= 15 is 0 Å². The first kappa shape index (κ1) is 16.6. The third-order valence-corrected chi connectivity index (χ3v) is 4.54. The van der Waals surface area contributed by atoms with Gasteiger partial charge in [0.25, 0.3) is 0 Å². The number of carbonyl (C=O) groups is 2. The number of piperidine rings is 1. The van der Waals surface area contributed by atoms with E-state index in [-0.39, 0.29) is 0 Å². The van der Waals surface area contributed by atoms with Crippen LogP contribution in [0.2, 0.25) is 0 Å². The van der Waals surface area contributed by atoms with Gasteiger partial charge < -0.3 is 20.7 Å². The summed E-state index contributed by atoms with van der Waals surface area (Å²) in [5, 5.41) is 2.51. The summed E-state index contributed by atoms with van der Waals surface area (Å²) < 4.78 is 4.79. The molecule has 22 heavy (non-hydrogen) atoms. The van der Waals surface area contributed by atoms with Gasteiger partial charge in [-0.3, -0.25) is 0 Å². The van der Waals surface area contributed by atoms with E-state index in [9.17, 15) is 9.59 Å².